The van der Waals surface area contributed by atoms with Crippen LogP contribution in [0, 0.1) is 0 Å². The first-order chi connectivity index (χ1) is 8.78. The number of anilines is 2. The van der Waals surface area contributed by atoms with E-state index in [1.54, 1.807) is 0 Å². The second-order valence-electron chi connectivity index (χ2n) is 4.48. The predicted molar refractivity (Wildman–Crippen MR) is 69.3 cm³/mol. The number of fused-ring (bicyclic) bond motifs is 1. The minimum atomic E-state index is 0.657. The van der Waals surface area contributed by atoms with Crippen LogP contribution in [0.4, 0.5) is 11.4 Å². The number of benzene rings is 1. The molecule has 0 saturated heterocycles. The Morgan fingerprint density at radius 2 is 2.33 bits per heavy atom. The third kappa shape index (κ3) is 1.81. The summed E-state index contributed by atoms with van der Waals surface area (Å²) in [7, 11) is 0. The maximum atomic E-state index is 6.04. The maximum absolute atomic E-state index is 6.04. The highest BCUT2D eigenvalue weighted by atomic mass is 16.5. The lowest BCUT2D eigenvalue weighted by molar-refractivity contribution is 0.376. The smallest absolute Gasteiger partial charge is 0.226 e. The summed E-state index contributed by atoms with van der Waals surface area (Å²) in [5.74, 6) is 1.41. The zero-order chi connectivity index (χ0) is 12.5. The topological polar surface area (TPSA) is 68.2 Å². The van der Waals surface area contributed by atoms with E-state index in [0.29, 0.717) is 12.4 Å². The van der Waals surface area contributed by atoms with Crippen LogP contribution < -0.4 is 10.6 Å². The summed E-state index contributed by atoms with van der Waals surface area (Å²) in [6.07, 6.45) is 1.80. The maximum Gasteiger partial charge on any atom is 0.226 e. The third-order valence-electron chi connectivity index (χ3n) is 3.26. The number of aromatic nitrogens is 2. The summed E-state index contributed by atoms with van der Waals surface area (Å²) in [6, 6.07) is 6.06. The van der Waals surface area contributed by atoms with Gasteiger partial charge in [0, 0.05) is 13.0 Å². The molecule has 0 aliphatic carbocycles. The SMILES string of the molecule is CCc1nc(CN2CCc3cccc(N)c32)no1. The highest BCUT2D eigenvalue weighted by Crippen LogP contribution is 2.34. The molecule has 0 spiro atoms. The van der Waals surface area contributed by atoms with E-state index in [4.69, 9.17) is 10.3 Å². The van der Waals surface area contributed by atoms with E-state index in [0.717, 1.165) is 36.6 Å². The zero-order valence-electron chi connectivity index (χ0n) is 10.4. The van der Waals surface area contributed by atoms with Gasteiger partial charge in [-0.3, -0.25) is 0 Å². The van der Waals surface area contributed by atoms with Crippen molar-refractivity contribution in [3.63, 3.8) is 0 Å². The summed E-state index contributed by atoms with van der Waals surface area (Å²) >= 11 is 0. The molecular formula is C13H16N4O. The number of nitrogen functional groups attached to an aromatic ring is 1. The van der Waals surface area contributed by atoms with E-state index < -0.39 is 0 Å². The predicted octanol–water partition coefficient (Wildman–Crippen LogP) is 1.78. The Bertz CT molecular complexity index is 564. The van der Waals surface area contributed by atoms with Gasteiger partial charge >= 0.3 is 0 Å². The number of rotatable bonds is 3. The lowest BCUT2D eigenvalue weighted by Gasteiger charge is -2.18. The first-order valence-corrected chi connectivity index (χ1v) is 6.21. The number of hydrogen-bond acceptors (Lipinski definition) is 5. The molecule has 0 radical (unpaired) electrons. The van der Waals surface area contributed by atoms with Crippen molar-refractivity contribution in [3.05, 3.63) is 35.5 Å². The van der Waals surface area contributed by atoms with Crippen molar-refractivity contribution >= 4 is 11.4 Å². The van der Waals surface area contributed by atoms with Crippen LogP contribution in [0.15, 0.2) is 22.7 Å². The molecule has 18 heavy (non-hydrogen) atoms. The van der Waals surface area contributed by atoms with Crippen molar-refractivity contribution in [1.82, 2.24) is 10.1 Å². The van der Waals surface area contributed by atoms with E-state index in [-0.39, 0.29) is 0 Å². The second-order valence-corrected chi connectivity index (χ2v) is 4.48. The van der Waals surface area contributed by atoms with Gasteiger partial charge in [-0.25, -0.2) is 0 Å². The molecule has 0 fully saturated rings. The standard InChI is InChI=1S/C13H16N4O/c1-2-12-15-11(16-18-12)8-17-7-6-9-4-3-5-10(14)13(9)17/h3-5H,2,6-8,14H2,1H3. The van der Waals surface area contributed by atoms with Crippen LogP contribution in [0.2, 0.25) is 0 Å². The van der Waals surface area contributed by atoms with Crippen LogP contribution in [0.25, 0.3) is 0 Å². The van der Waals surface area contributed by atoms with Crippen LogP contribution >= 0.6 is 0 Å². The number of para-hydroxylation sites is 1. The molecule has 3 rings (SSSR count). The molecule has 2 heterocycles. The monoisotopic (exact) mass is 244 g/mol. The normalized spacial score (nSPS) is 13.9. The Kier molecular flexibility index (Phi) is 2.66. The fourth-order valence-corrected chi connectivity index (χ4v) is 2.39. The fourth-order valence-electron chi connectivity index (χ4n) is 2.39. The molecule has 0 bridgehead atoms. The van der Waals surface area contributed by atoms with Crippen LogP contribution in [-0.4, -0.2) is 16.7 Å². The summed E-state index contributed by atoms with van der Waals surface area (Å²) < 4.78 is 5.12. The van der Waals surface area contributed by atoms with Gasteiger partial charge in [-0.1, -0.05) is 24.2 Å². The van der Waals surface area contributed by atoms with E-state index in [1.807, 2.05) is 19.1 Å². The van der Waals surface area contributed by atoms with Gasteiger partial charge in [-0.15, -0.1) is 0 Å². The van der Waals surface area contributed by atoms with Crippen molar-refractivity contribution in [2.75, 3.05) is 17.2 Å². The third-order valence-corrected chi connectivity index (χ3v) is 3.26. The van der Waals surface area contributed by atoms with Crippen molar-refractivity contribution in [2.45, 2.75) is 26.3 Å². The molecule has 1 aromatic heterocycles. The first kappa shape index (κ1) is 11.1. The number of nitrogens with zero attached hydrogens (tertiary/aromatic N) is 3. The molecule has 0 unspecified atom stereocenters. The van der Waals surface area contributed by atoms with Gasteiger partial charge in [-0.05, 0) is 18.1 Å². The van der Waals surface area contributed by atoms with Crippen molar-refractivity contribution in [3.8, 4) is 0 Å². The Morgan fingerprint density at radius 1 is 1.44 bits per heavy atom. The van der Waals surface area contributed by atoms with Gasteiger partial charge in [0.15, 0.2) is 5.82 Å². The molecule has 1 aliphatic heterocycles. The number of hydrogen-bond donors (Lipinski definition) is 1. The van der Waals surface area contributed by atoms with Gasteiger partial charge in [0.2, 0.25) is 5.89 Å². The lowest BCUT2D eigenvalue weighted by Crippen LogP contribution is -2.21. The molecular weight excluding hydrogens is 228 g/mol. The van der Waals surface area contributed by atoms with E-state index in [1.165, 1.54) is 5.56 Å². The molecule has 1 aliphatic rings. The van der Waals surface area contributed by atoms with Crippen LogP contribution in [-0.2, 0) is 19.4 Å². The molecule has 0 amide bonds. The van der Waals surface area contributed by atoms with Gasteiger partial charge < -0.3 is 15.2 Å². The quantitative estimate of drug-likeness (QED) is 0.833. The van der Waals surface area contributed by atoms with Crippen molar-refractivity contribution in [2.24, 2.45) is 0 Å². The van der Waals surface area contributed by atoms with Crippen LogP contribution in [0.5, 0.6) is 0 Å². The Labute approximate surface area is 106 Å². The average molecular weight is 244 g/mol. The second kappa shape index (κ2) is 4.33. The average Bonchev–Trinajstić information content (AvgIpc) is 2.98. The molecule has 94 valence electrons. The lowest BCUT2D eigenvalue weighted by atomic mass is 10.1. The minimum Gasteiger partial charge on any atom is -0.397 e. The van der Waals surface area contributed by atoms with Gasteiger partial charge in [0.1, 0.15) is 0 Å². The molecule has 1 aromatic carbocycles. The minimum absolute atomic E-state index is 0.657. The van der Waals surface area contributed by atoms with Gasteiger partial charge in [0.25, 0.3) is 0 Å². The zero-order valence-corrected chi connectivity index (χ0v) is 10.4. The summed E-state index contributed by atoms with van der Waals surface area (Å²) in [6.45, 7) is 3.62. The molecule has 5 nitrogen and oxygen atoms in total. The first-order valence-electron chi connectivity index (χ1n) is 6.21. The molecule has 0 atom stereocenters. The van der Waals surface area contributed by atoms with Crippen molar-refractivity contribution < 1.29 is 4.52 Å². The summed E-state index contributed by atoms with van der Waals surface area (Å²) in [4.78, 5) is 6.55. The Hall–Kier alpha value is -2.04. The Balaban J connectivity index is 1.84. The van der Waals surface area contributed by atoms with E-state index >= 15 is 0 Å². The molecule has 0 saturated carbocycles. The molecule has 2 N–H and O–H groups in total. The van der Waals surface area contributed by atoms with Crippen molar-refractivity contribution in [1.29, 1.82) is 0 Å². The summed E-state index contributed by atoms with van der Waals surface area (Å²) in [5.41, 5.74) is 9.29. The largest absolute Gasteiger partial charge is 0.397 e. The number of aryl methyl sites for hydroxylation is 1. The van der Waals surface area contributed by atoms with Gasteiger partial charge in [-0.2, -0.15) is 4.98 Å². The fraction of sp³-hybridized carbons (Fsp3) is 0.385. The molecule has 5 heteroatoms. The Morgan fingerprint density at radius 3 is 3.11 bits per heavy atom. The van der Waals surface area contributed by atoms with Crippen LogP contribution in [0.3, 0.4) is 0 Å². The summed E-state index contributed by atoms with van der Waals surface area (Å²) in [5, 5.41) is 3.98. The highest BCUT2D eigenvalue weighted by Gasteiger charge is 2.22. The molecule has 2 aromatic rings. The van der Waals surface area contributed by atoms with E-state index in [9.17, 15) is 0 Å². The van der Waals surface area contributed by atoms with E-state index in [2.05, 4.69) is 21.1 Å². The highest BCUT2D eigenvalue weighted by molar-refractivity contribution is 5.74. The number of nitrogens with two attached hydrogens (primary N) is 1. The van der Waals surface area contributed by atoms with Gasteiger partial charge in [0.05, 0.1) is 17.9 Å². The van der Waals surface area contributed by atoms with Crippen LogP contribution in [0.1, 0.15) is 24.2 Å².